The number of amides is 1. The molecule has 1 saturated carbocycles. The van der Waals surface area contributed by atoms with Crippen molar-refractivity contribution in [3.05, 3.63) is 5.56 Å². The zero-order valence-corrected chi connectivity index (χ0v) is 13.4. The number of carbonyl (C=O) groups is 1. The van der Waals surface area contributed by atoms with E-state index in [-0.39, 0.29) is 11.9 Å². The summed E-state index contributed by atoms with van der Waals surface area (Å²) in [5.74, 6) is 0.230. The zero-order valence-electron chi connectivity index (χ0n) is 12.6. The van der Waals surface area contributed by atoms with Crippen LogP contribution >= 0.6 is 11.5 Å². The number of carbonyl (C=O) groups excluding carboxylic acids is 1. The normalized spacial score (nSPS) is 20.0. The summed E-state index contributed by atoms with van der Waals surface area (Å²) in [6, 6.07) is 0.902. The van der Waals surface area contributed by atoms with Gasteiger partial charge >= 0.3 is 0 Å². The second kappa shape index (κ2) is 5.81. The fourth-order valence-corrected chi connectivity index (χ4v) is 3.65. The predicted octanol–water partition coefficient (Wildman–Crippen LogP) is 1.15. The summed E-state index contributed by atoms with van der Waals surface area (Å²) in [5, 5.41) is 3.83. The van der Waals surface area contributed by atoms with Crippen molar-refractivity contribution >= 4 is 28.3 Å². The van der Waals surface area contributed by atoms with E-state index in [0.717, 1.165) is 37.2 Å². The number of nitrogens with zero attached hydrogens (tertiary/aromatic N) is 3. The number of rotatable bonds is 4. The number of aromatic nitrogens is 1. The zero-order chi connectivity index (χ0) is 15.0. The molecule has 0 aromatic carbocycles. The molecule has 3 N–H and O–H groups in total. The van der Waals surface area contributed by atoms with Gasteiger partial charge in [-0.1, -0.05) is 0 Å². The number of nitrogens with one attached hydrogen (secondary N) is 1. The van der Waals surface area contributed by atoms with E-state index in [1.165, 1.54) is 24.4 Å². The van der Waals surface area contributed by atoms with Crippen molar-refractivity contribution in [1.82, 2.24) is 14.6 Å². The number of nitrogen functional groups attached to an aromatic ring is 1. The highest BCUT2D eigenvalue weighted by molar-refractivity contribution is 7.11. The van der Waals surface area contributed by atoms with E-state index in [1.54, 1.807) is 0 Å². The van der Waals surface area contributed by atoms with E-state index >= 15 is 0 Å². The van der Waals surface area contributed by atoms with Gasteiger partial charge in [-0.25, -0.2) is 0 Å². The first kappa shape index (κ1) is 14.6. The Morgan fingerprint density at radius 2 is 2.00 bits per heavy atom. The van der Waals surface area contributed by atoms with Gasteiger partial charge in [0.15, 0.2) is 5.82 Å². The SMILES string of the molecule is CC(C)NC(=O)c1c(N)nsc1N1CCN(C2CC2)CC1. The van der Waals surface area contributed by atoms with Gasteiger partial charge < -0.3 is 16.0 Å². The van der Waals surface area contributed by atoms with Gasteiger partial charge in [0, 0.05) is 38.3 Å². The number of hydrogen-bond acceptors (Lipinski definition) is 6. The molecule has 7 heteroatoms. The molecule has 3 rings (SSSR count). The Hall–Kier alpha value is -1.34. The van der Waals surface area contributed by atoms with Crippen molar-refractivity contribution in [2.24, 2.45) is 0 Å². The van der Waals surface area contributed by atoms with E-state index in [4.69, 9.17) is 5.73 Å². The third-order valence-corrected chi connectivity index (χ3v) is 4.94. The lowest BCUT2D eigenvalue weighted by Crippen LogP contribution is -2.47. The van der Waals surface area contributed by atoms with Gasteiger partial charge in [0.05, 0.1) is 0 Å². The maximum atomic E-state index is 12.3. The van der Waals surface area contributed by atoms with Crippen molar-refractivity contribution in [2.45, 2.75) is 38.8 Å². The number of hydrogen-bond donors (Lipinski definition) is 2. The minimum Gasteiger partial charge on any atom is -0.382 e. The first-order valence-electron chi connectivity index (χ1n) is 7.61. The van der Waals surface area contributed by atoms with E-state index < -0.39 is 0 Å². The van der Waals surface area contributed by atoms with Crippen LogP contribution in [-0.2, 0) is 0 Å². The molecule has 0 spiro atoms. The second-order valence-corrected chi connectivity index (χ2v) is 6.88. The predicted molar refractivity (Wildman–Crippen MR) is 85.9 cm³/mol. The summed E-state index contributed by atoms with van der Waals surface area (Å²) in [6.45, 7) is 7.91. The van der Waals surface area contributed by atoms with Crippen LogP contribution in [0.4, 0.5) is 10.8 Å². The van der Waals surface area contributed by atoms with Gasteiger partial charge in [0.2, 0.25) is 0 Å². The Morgan fingerprint density at radius 3 is 2.57 bits per heavy atom. The molecular weight excluding hydrogens is 286 g/mol. The third-order valence-electron chi connectivity index (χ3n) is 4.01. The average Bonchev–Trinajstić information content (AvgIpc) is 3.21. The fourth-order valence-electron chi connectivity index (χ4n) is 2.79. The van der Waals surface area contributed by atoms with Crippen LogP contribution in [0, 0.1) is 0 Å². The lowest BCUT2D eigenvalue weighted by atomic mass is 10.2. The average molecular weight is 309 g/mol. The molecule has 2 heterocycles. The first-order chi connectivity index (χ1) is 10.1. The maximum absolute atomic E-state index is 12.3. The molecule has 116 valence electrons. The van der Waals surface area contributed by atoms with Crippen LogP contribution in [0.5, 0.6) is 0 Å². The molecule has 1 aliphatic carbocycles. The van der Waals surface area contributed by atoms with Gasteiger partial charge in [0.25, 0.3) is 5.91 Å². The standard InChI is InChI=1S/C14H23N5OS/c1-9(2)16-13(20)11-12(15)17-21-14(11)19-7-5-18(6-8-19)10-3-4-10/h9-10H,3-8H2,1-2H3,(H2,15,17)(H,16,20). The molecule has 1 aromatic rings. The van der Waals surface area contributed by atoms with E-state index in [1.807, 2.05) is 13.8 Å². The molecule has 0 unspecified atom stereocenters. The largest absolute Gasteiger partial charge is 0.382 e. The molecule has 1 saturated heterocycles. The van der Waals surface area contributed by atoms with Crippen molar-refractivity contribution in [3.8, 4) is 0 Å². The van der Waals surface area contributed by atoms with Crippen molar-refractivity contribution in [3.63, 3.8) is 0 Å². The molecule has 21 heavy (non-hydrogen) atoms. The molecular formula is C14H23N5OS. The van der Waals surface area contributed by atoms with E-state index in [9.17, 15) is 4.79 Å². The molecule has 1 amide bonds. The summed E-state index contributed by atoms with van der Waals surface area (Å²) >= 11 is 1.33. The molecule has 2 aliphatic rings. The van der Waals surface area contributed by atoms with Crippen LogP contribution in [0.15, 0.2) is 0 Å². The van der Waals surface area contributed by atoms with E-state index in [0.29, 0.717) is 11.4 Å². The Morgan fingerprint density at radius 1 is 1.33 bits per heavy atom. The van der Waals surface area contributed by atoms with Gasteiger partial charge in [-0.15, -0.1) is 0 Å². The summed E-state index contributed by atoms with van der Waals surface area (Å²) in [4.78, 5) is 17.1. The summed E-state index contributed by atoms with van der Waals surface area (Å²) in [5.41, 5.74) is 6.46. The lowest BCUT2D eigenvalue weighted by molar-refractivity contribution is 0.0944. The Kier molecular flexibility index (Phi) is 4.03. The highest BCUT2D eigenvalue weighted by Gasteiger charge is 2.33. The highest BCUT2D eigenvalue weighted by atomic mass is 32.1. The Bertz CT molecular complexity index is 517. The topological polar surface area (TPSA) is 74.5 Å². The fraction of sp³-hybridized carbons (Fsp3) is 0.714. The maximum Gasteiger partial charge on any atom is 0.258 e. The van der Waals surface area contributed by atoms with Crippen LogP contribution in [-0.4, -0.2) is 53.4 Å². The molecule has 0 atom stereocenters. The summed E-state index contributed by atoms with van der Waals surface area (Å²) in [7, 11) is 0. The van der Waals surface area contributed by atoms with Gasteiger partial charge in [-0.3, -0.25) is 9.69 Å². The Labute approximate surface area is 129 Å². The summed E-state index contributed by atoms with van der Waals surface area (Å²) in [6.07, 6.45) is 2.69. The minimum absolute atomic E-state index is 0.0939. The van der Waals surface area contributed by atoms with Crippen LogP contribution in [0.25, 0.3) is 0 Å². The number of anilines is 2. The van der Waals surface area contributed by atoms with Crippen LogP contribution in [0.3, 0.4) is 0 Å². The number of nitrogens with two attached hydrogens (primary N) is 1. The lowest BCUT2D eigenvalue weighted by Gasteiger charge is -2.35. The summed E-state index contributed by atoms with van der Waals surface area (Å²) < 4.78 is 4.19. The molecule has 6 nitrogen and oxygen atoms in total. The number of piperazine rings is 1. The van der Waals surface area contributed by atoms with E-state index in [2.05, 4.69) is 19.5 Å². The first-order valence-corrected chi connectivity index (χ1v) is 8.38. The quantitative estimate of drug-likeness (QED) is 0.873. The molecule has 1 aromatic heterocycles. The van der Waals surface area contributed by atoms with Gasteiger partial charge in [-0.2, -0.15) is 4.37 Å². The van der Waals surface area contributed by atoms with Crippen LogP contribution in [0.2, 0.25) is 0 Å². The van der Waals surface area contributed by atoms with Crippen LogP contribution < -0.4 is 16.0 Å². The molecule has 0 radical (unpaired) electrons. The molecule has 1 aliphatic heterocycles. The van der Waals surface area contributed by atoms with Crippen LogP contribution in [0.1, 0.15) is 37.0 Å². The third kappa shape index (κ3) is 3.13. The smallest absolute Gasteiger partial charge is 0.258 e. The molecule has 0 bridgehead atoms. The van der Waals surface area contributed by atoms with Crippen molar-refractivity contribution in [2.75, 3.05) is 36.8 Å². The molecule has 2 fully saturated rings. The monoisotopic (exact) mass is 309 g/mol. The minimum atomic E-state index is -0.115. The van der Waals surface area contributed by atoms with Crippen molar-refractivity contribution < 1.29 is 4.79 Å². The van der Waals surface area contributed by atoms with Crippen molar-refractivity contribution in [1.29, 1.82) is 0 Å². The Balaban J connectivity index is 1.72. The van der Waals surface area contributed by atoms with Gasteiger partial charge in [0.1, 0.15) is 10.6 Å². The second-order valence-electron chi connectivity index (χ2n) is 6.13. The van der Waals surface area contributed by atoms with Gasteiger partial charge in [-0.05, 0) is 38.2 Å². The highest BCUT2D eigenvalue weighted by Crippen LogP contribution is 2.33.